The van der Waals surface area contributed by atoms with Crippen LogP contribution in [0.2, 0.25) is 0 Å². The maximum Gasteiger partial charge on any atom is 0.0228 e. The summed E-state index contributed by atoms with van der Waals surface area (Å²) in [7, 11) is 2.16. The van der Waals surface area contributed by atoms with Crippen molar-refractivity contribution in [2.75, 3.05) is 33.2 Å². The van der Waals surface area contributed by atoms with Crippen molar-refractivity contribution < 1.29 is 0 Å². The van der Waals surface area contributed by atoms with Crippen molar-refractivity contribution in [3.63, 3.8) is 0 Å². The molecule has 130 valence electrons. The molecule has 0 unspecified atom stereocenters. The van der Waals surface area contributed by atoms with E-state index in [4.69, 9.17) is 0 Å². The highest BCUT2D eigenvalue weighted by atomic mass is 32.2. The minimum absolute atomic E-state index is 0.972. The number of aryl methyl sites for hydroxylation is 2. The SMILES string of the molecule is Cc1ccc(SNCCN(C)CCNSc2ccc(C)cc2)cc1. The normalized spacial score (nSPS) is 11.2. The average molecular weight is 362 g/mol. The second-order valence-electron chi connectivity index (χ2n) is 5.92. The first-order chi connectivity index (χ1) is 11.6. The van der Waals surface area contributed by atoms with Gasteiger partial charge in [-0.3, -0.25) is 9.44 Å². The second kappa shape index (κ2) is 10.8. The third-order valence-corrected chi connectivity index (χ3v) is 5.33. The maximum atomic E-state index is 3.42. The van der Waals surface area contributed by atoms with E-state index in [0.717, 1.165) is 26.2 Å². The van der Waals surface area contributed by atoms with E-state index in [1.165, 1.54) is 20.9 Å². The Balaban J connectivity index is 1.51. The Morgan fingerprint density at radius 3 is 1.46 bits per heavy atom. The highest BCUT2D eigenvalue weighted by Crippen LogP contribution is 2.15. The van der Waals surface area contributed by atoms with E-state index in [-0.39, 0.29) is 0 Å². The fraction of sp³-hybridized carbons (Fsp3) is 0.368. The number of rotatable bonds is 10. The van der Waals surface area contributed by atoms with E-state index < -0.39 is 0 Å². The van der Waals surface area contributed by atoms with Gasteiger partial charge in [0, 0.05) is 36.0 Å². The van der Waals surface area contributed by atoms with Gasteiger partial charge in [0.15, 0.2) is 0 Å². The molecule has 0 aromatic heterocycles. The molecule has 0 aliphatic heterocycles. The molecule has 2 aromatic rings. The van der Waals surface area contributed by atoms with Gasteiger partial charge in [-0.2, -0.15) is 0 Å². The van der Waals surface area contributed by atoms with Gasteiger partial charge in [-0.1, -0.05) is 35.4 Å². The summed E-state index contributed by atoms with van der Waals surface area (Å²) in [5.41, 5.74) is 2.60. The summed E-state index contributed by atoms with van der Waals surface area (Å²) in [5.74, 6) is 0. The molecule has 5 heteroatoms. The van der Waals surface area contributed by atoms with Crippen molar-refractivity contribution in [1.82, 2.24) is 14.3 Å². The van der Waals surface area contributed by atoms with Gasteiger partial charge >= 0.3 is 0 Å². The second-order valence-corrected chi connectivity index (χ2v) is 7.85. The topological polar surface area (TPSA) is 27.3 Å². The zero-order valence-corrected chi connectivity index (χ0v) is 16.3. The van der Waals surface area contributed by atoms with Gasteiger partial charge in [0.25, 0.3) is 0 Å². The molecule has 2 aromatic carbocycles. The monoisotopic (exact) mass is 361 g/mol. The summed E-state index contributed by atoms with van der Waals surface area (Å²) in [6, 6.07) is 17.2. The van der Waals surface area contributed by atoms with Crippen LogP contribution < -0.4 is 9.44 Å². The quantitative estimate of drug-likeness (QED) is 0.490. The standard InChI is InChI=1S/C19H27N3S2/c1-16-4-8-18(9-5-16)23-20-12-14-22(3)15-13-21-24-19-10-6-17(2)7-11-19/h4-11,20-21H,12-15H2,1-3H3. The molecule has 0 aliphatic rings. The lowest BCUT2D eigenvalue weighted by atomic mass is 10.2. The minimum Gasteiger partial charge on any atom is -0.304 e. The van der Waals surface area contributed by atoms with Crippen molar-refractivity contribution in [3.8, 4) is 0 Å². The summed E-state index contributed by atoms with van der Waals surface area (Å²) < 4.78 is 6.85. The molecule has 0 aliphatic carbocycles. The zero-order valence-electron chi connectivity index (χ0n) is 14.7. The summed E-state index contributed by atoms with van der Waals surface area (Å²) in [6.07, 6.45) is 0. The van der Waals surface area contributed by atoms with E-state index in [1.807, 2.05) is 0 Å². The van der Waals surface area contributed by atoms with Gasteiger partial charge in [0.2, 0.25) is 0 Å². The van der Waals surface area contributed by atoms with Gasteiger partial charge in [0.1, 0.15) is 0 Å². The summed E-state index contributed by atoms with van der Waals surface area (Å²) in [4.78, 5) is 4.87. The predicted octanol–water partition coefficient (Wildman–Crippen LogP) is 4.13. The third kappa shape index (κ3) is 7.73. The van der Waals surface area contributed by atoms with E-state index in [0.29, 0.717) is 0 Å². The smallest absolute Gasteiger partial charge is 0.0228 e. The van der Waals surface area contributed by atoms with Gasteiger partial charge in [-0.05, 0) is 69.1 Å². The summed E-state index contributed by atoms with van der Waals surface area (Å²) in [6.45, 7) is 8.25. The van der Waals surface area contributed by atoms with Crippen LogP contribution in [0.1, 0.15) is 11.1 Å². The first-order valence-electron chi connectivity index (χ1n) is 8.25. The molecular weight excluding hydrogens is 334 g/mol. The van der Waals surface area contributed by atoms with Crippen molar-refractivity contribution in [2.24, 2.45) is 0 Å². The number of hydrogen-bond donors (Lipinski definition) is 2. The molecule has 24 heavy (non-hydrogen) atoms. The van der Waals surface area contributed by atoms with Crippen LogP contribution in [0.15, 0.2) is 58.3 Å². The van der Waals surface area contributed by atoms with E-state index >= 15 is 0 Å². The van der Waals surface area contributed by atoms with Crippen molar-refractivity contribution in [1.29, 1.82) is 0 Å². The van der Waals surface area contributed by atoms with E-state index in [2.05, 4.69) is 83.8 Å². The lowest BCUT2D eigenvalue weighted by Crippen LogP contribution is -2.31. The van der Waals surface area contributed by atoms with Crippen LogP contribution in [0.5, 0.6) is 0 Å². The molecule has 0 amide bonds. The van der Waals surface area contributed by atoms with Crippen LogP contribution in [-0.4, -0.2) is 38.1 Å². The molecule has 0 saturated carbocycles. The molecule has 0 spiro atoms. The van der Waals surface area contributed by atoms with Crippen molar-refractivity contribution in [2.45, 2.75) is 23.6 Å². The minimum atomic E-state index is 0.972. The van der Waals surface area contributed by atoms with Gasteiger partial charge in [-0.25, -0.2) is 0 Å². The van der Waals surface area contributed by atoms with Crippen LogP contribution in [0.3, 0.4) is 0 Å². The van der Waals surface area contributed by atoms with E-state index in [9.17, 15) is 0 Å². The van der Waals surface area contributed by atoms with Crippen LogP contribution in [-0.2, 0) is 0 Å². The first-order valence-corrected chi connectivity index (χ1v) is 9.88. The number of hydrogen-bond acceptors (Lipinski definition) is 5. The van der Waals surface area contributed by atoms with Crippen LogP contribution in [0, 0.1) is 13.8 Å². The third-order valence-electron chi connectivity index (χ3n) is 3.61. The molecular formula is C19H27N3S2. The summed E-state index contributed by atoms with van der Waals surface area (Å²) in [5, 5.41) is 0. The number of nitrogens with zero attached hydrogens (tertiary/aromatic N) is 1. The van der Waals surface area contributed by atoms with Crippen LogP contribution in [0.4, 0.5) is 0 Å². The molecule has 0 heterocycles. The number of nitrogens with one attached hydrogen (secondary N) is 2. The maximum absolute atomic E-state index is 3.42. The van der Waals surface area contributed by atoms with Crippen molar-refractivity contribution in [3.05, 3.63) is 59.7 Å². The number of benzene rings is 2. The van der Waals surface area contributed by atoms with Gasteiger partial charge in [0.05, 0.1) is 0 Å². The van der Waals surface area contributed by atoms with Crippen LogP contribution in [0.25, 0.3) is 0 Å². The predicted molar refractivity (Wildman–Crippen MR) is 108 cm³/mol. The summed E-state index contributed by atoms with van der Waals surface area (Å²) >= 11 is 3.40. The molecule has 2 N–H and O–H groups in total. The van der Waals surface area contributed by atoms with Gasteiger partial charge in [-0.15, -0.1) is 0 Å². The molecule has 3 nitrogen and oxygen atoms in total. The molecule has 2 rings (SSSR count). The fourth-order valence-electron chi connectivity index (χ4n) is 2.07. The first kappa shape index (κ1) is 19.3. The lowest BCUT2D eigenvalue weighted by molar-refractivity contribution is 0.347. The van der Waals surface area contributed by atoms with Crippen LogP contribution >= 0.6 is 23.9 Å². The Labute approximate surface area is 154 Å². The Hall–Kier alpha value is -0.980. The Morgan fingerprint density at radius 2 is 1.08 bits per heavy atom. The number of likely N-dealkylation sites (N-methyl/N-ethyl adjacent to an activating group) is 1. The molecule has 0 bridgehead atoms. The van der Waals surface area contributed by atoms with Crippen molar-refractivity contribution >= 4 is 23.9 Å². The Morgan fingerprint density at radius 1 is 0.708 bits per heavy atom. The van der Waals surface area contributed by atoms with Gasteiger partial charge < -0.3 is 4.90 Å². The largest absolute Gasteiger partial charge is 0.304 e. The molecule has 0 fully saturated rings. The average Bonchev–Trinajstić information content (AvgIpc) is 2.59. The molecule has 0 radical (unpaired) electrons. The highest BCUT2D eigenvalue weighted by molar-refractivity contribution is 7.97. The Kier molecular flexibility index (Phi) is 8.70. The Bertz CT molecular complexity index is 531. The molecule has 0 saturated heterocycles. The highest BCUT2D eigenvalue weighted by Gasteiger charge is 1.99. The fourth-order valence-corrected chi connectivity index (χ4v) is 3.33. The zero-order chi connectivity index (χ0) is 17.2. The molecule has 0 atom stereocenters. The lowest BCUT2D eigenvalue weighted by Gasteiger charge is -2.16. The van der Waals surface area contributed by atoms with E-state index in [1.54, 1.807) is 23.9 Å².